The lowest BCUT2D eigenvalue weighted by molar-refractivity contribution is -0.134. The Morgan fingerprint density at radius 3 is 1.50 bits per heavy atom. The summed E-state index contributed by atoms with van der Waals surface area (Å²) in [6.07, 6.45) is 6.71. The first-order valence-corrected chi connectivity index (χ1v) is 4.32. The van der Waals surface area contributed by atoms with Crippen LogP contribution < -0.4 is 11.5 Å². The molecule has 84 valence electrons. The lowest BCUT2D eigenvalue weighted by Crippen LogP contribution is -2.20. The number of hydrogen-bond donors (Lipinski definition) is 4. The quantitative estimate of drug-likeness (QED) is 0.307. The minimum Gasteiger partial charge on any atom is -0.481 e. The predicted octanol–water partition coefficient (Wildman–Crippen LogP) is 1.29. The highest BCUT2D eigenvalue weighted by molar-refractivity contribution is 5.71. The third-order valence-electron chi connectivity index (χ3n) is 0.638. The van der Waals surface area contributed by atoms with Gasteiger partial charge < -0.3 is 16.6 Å². The standard InChI is InChI=1S/C6H12.C2H4O2.CH5N3/c1-3-5-6-4-2;1-2(3)4;2-1(3)4/h5-6H,3-4H2,1-2H3;1H3,(H,3,4);(H5,2,3,4)/b6-5-;;. The molecule has 0 spiro atoms. The molecule has 6 N–H and O–H groups in total. The second kappa shape index (κ2) is 17.5. The van der Waals surface area contributed by atoms with E-state index in [9.17, 15) is 0 Å². The summed E-state index contributed by atoms with van der Waals surface area (Å²) in [5.41, 5.74) is 8.94. The van der Waals surface area contributed by atoms with Crippen LogP contribution in [-0.2, 0) is 4.79 Å². The lowest BCUT2D eigenvalue weighted by atomic mass is 10.4. The molecule has 0 saturated carbocycles. The molecule has 0 aliphatic carbocycles. The first-order chi connectivity index (χ1) is 6.38. The minimum absolute atomic E-state index is 0.333. The summed E-state index contributed by atoms with van der Waals surface area (Å²) in [4.78, 5) is 9.00. The number of nitrogens with two attached hydrogens (primary N) is 2. The molecule has 0 aliphatic rings. The predicted molar refractivity (Wildman–Crippen MR) is 59.1 cm³/mol. The molecule has 0 amide bonds. The van der Waals surface area contributed by atoms with Crippen LogP contribution in [0.2, 0.25) is 0 Å². The Labute approximate surface area is 85.3 Å². The number of guanidine groups is 1. The summed E-state index contributed by atoms with van der Waals surface area (Å²) in [5.74, 6) is -1.17. The van der Waals surface area contributed by atoms with Crippen LogP contribution in [0.15, 0.2) is 12.2 Å². The molecule has 0 rings (SSSR count). The van der Waals surface area contributed by atoms with Crippen LogP contribution in [-0.4, -0.2) is 17.0 Å². The molecular formula is C9H21N3O2. The van der Waals surface area contributed by atoms with Crippen molar-refractivity contribution in [2.24, 2.45) is 11.5 Å². The Bertz CT molecular complexity index is 141. The molecule has 0 aliphatic heterocycles. The largest absolute Gasteiger partial charge is 0.481 e. The van der Waals surface area contributed by atoms with Gasteiger partial charge in [0.2, 0.25) is 0 Å². The molecule has 0 unspecified atom stereocenters. The van der Waals surface area contributed by atoms with E-state index in [0.717, 1.165) is 6.92 Å². The van der Waals surface area contributed by atoms with Gasteiger partial charge in [0.1, 0.15) is 0 Å². The van der Waals surface area contributed by atoms with Gasteiger partial charge in [-0.3, -0.25) is 10.2 Å². The molecule has 0 radical (unpaired) electrons. The Balaban J connectivity index is -0.000000135. The highest BCUT2D eigenvalue weighted by atomic mass is 16.4. The maximum absolute atomic E-state index is 9.00. The van der Waals surface area contributed by atoms with E-state index in [0.29, 0.717) is 0 Å². The van der Waals surface area contributed by atoms with Gasteiger partial charge in [0.25, 0.3) is 5.97 Å². The Morgan fingerprint density at radius 2 is 1.43 bits per heavy atom. The van der Waals surface area contributed by atoms with Gasteiger partial charge in [-0.25, -0.2) is 0 Å². The molecule has 0 aromatic heterocycles. The number of hydrogen-bond acceptors (Lipinski definition) is 2. The maximum Gasteiger partial charge on any atom is 0.300 e. The van der Waals surface area contributed by atoms with E-state index in [-0.39, 0.29) is 5.96 Å². The van der Waals surface area contributed by atoms with Crippen LogP contribution in [0.25, 0.3) is 0 Å². The second-order valence-corrected chi connectivity index (χ2v) is 2.26. The van der Waals surface area contributed by atoms with Crippen LogP contribution in [0.3, 0.4) is 0 Å². The van der Waals surface area contributed by atoms with Crippen molar-refractivity contribution in [3.05, 3.63) is 12.2 Å². The summed E-state index contributed by atoms with van der Waals surface area (Å²) < 4.78 is 0. The third kappa shape index (κ3) is 430. The molecule has 0 heterocycles. The molecule has 0 atom stereocenters. The number of nitrogens with one attached hydrogen (secondary N) is 1. The monoisotopic (exact) mass is 203 g/mol. The van der Waals surface area contributed by atoms with Crippen molar-refractivity contribution in [1.82, 2.24) is 0 Å². The molecule has 0 aromatic rings. The smallest absolute Gasteiger partial charge is 0.300 e. The van der Waals surface area contributed by atoms with Gasteiger partial charge in [-0.1, -0.05) is 26.0 Å². The summed E-state index contributed by atoms with van der Waals surface area (Å²) in [7, 11) is 0. The van der Waals surface area contributed by atoms with Gasteiger partial charge in [-0.2, -0.15) is 0 Å². The van der Waals surface area contributed by atoms with Crippen molar-refractivity contribution in [1.29, 1.82) is 5.41 Å². The first-order valence-electron chi connectivity index (χ1n) is 4.32. The molecular weight excluding hydrogens is 182 g/mol. The summed E-state index contributed by atoms with van der Waals surface area (Å²) in [6, 6.07) is 0. The molecule has 5 heteroatoms. The fourth-order valence-corrected chi connectivity index (χ4v) is 0.333. The second-order valence-electron chi connectivity index (χ2n) is 2.26. The van der Waals surface area contributed by atoms with Crippen molar-refractivity contribution in [3.8, 4) is 0 Å². The average molecular weight is 203 g/mol. The number of carboxylic acids is 1. The molecule has 0 fully saturated rings. The fraction of sp³-hybridized carbons (Fsp3) is 0.556. The first kappa shape index (κ1) is 18.3. The van der Waals surface area contributed by atoms with Crippen molar-refractivity contribution in [2.75, 3.05) is 0 Å². The van der Waals surface area contributed by atoms with Gasteiger partial charge in [-0.15, -0.1) is 0 Å². The van der Waals surface area contributed by atoms with Crippen LogP contribution in [0.4, 0.5) is 0 Å². The zero-order valence-electron chi connectivity index (χ0n) is 9.08. The van der Waals surface area contributed by atoms with Gasteiger partial charge >= 0.3 is 0 Å². The van der Waals surface area contributed by atoms with Crippen molar-refractivity contribution in [2.45, 2.75) is 33.6 Å². The summed E-state index contributed by atoms with van der Waals surface area (Å²) >= 11 is 0. The fourth-order valence-electron chi connectivity index (χ4n) is 0.333. The highest BCUT2D eigenvalue weighted by Gasteiger charge is 1.65. The van der Waals surface area contributed by atoms with Crippen LogP contribution in [0.5, 0.6) is 0 Å². The molecule has 5 nitrogen and oxygen atoms in total. The van der Waals surface area contributed by atoms with E-state index >= 15 is 0 Å². The zero-order valence-corrected chi connectivity index (χ0v) is 9.08. The minimum atomic E-state index is -0.833. The maximum atomic E-state index is 9.00. The zero-order chi connectivity index (χ0) is 12.0. The summed E-state index contributed by atoms with van der Waals surface area (Å²) in [6.45, 7) is 5.37. The van der Waals surface area contributed by atoms with Crippen LogP contribution >= 0.6 is 0 Å². The van der Waals surface area contributed by atoms with Crippen molar-refractivity contribution in [3.63, 3.8) is 0 Å². The number of carboxylic acid groups (broad SMARTS) is 1. The number of rotatable bonds is 2. The topological polar surface area (TPSA) is 113 Å². The molecule has 14 heavy (non-hydrogen) atoms. The number of allylic oxidation sites excluding steroid dienone is 2. The number of aliphatic carboxylic acids is 1. The normalized spacial score (nSPS) is 7.93. The van der Waals surface area contributed by atoms with Gasteiger partial charge in [0, 0.05) is 6.92 Å². The van der Waals surface area contributed by atoms with Gasteiger partial charge in [-0.05, 0) is 12.8 Å². The summed E-state index contributed by atoms with van der Waals surface area (Å²) in [5, 5.41) is 13.5. The lowest BCUT2D eigenvalue weighted by Gasteiger charge is -1.72. The van der Waals surface area contributed by atoms with E-state index in [2.05, 4.69) is 37.5 Å². The van der Waals surface area contributed by atoms with Crippen LogP contribution in [0, 0.1) is 5.41 Å². The Hall–Kier alpha value is -1.52. The molecule has 0 aromatic carbocycles. The van der Waals surface area contributed by atoms with Gasteiger partial charge in [0.05, 0.1) is 0 Å². The van der Waals surface area contributed by atoms with Crippen LogP contribution in [0.1, 0.15) is 33.6 Å². The van der Waals surface area contributed by atoms with E-state index in [1.165, 1.54) is 12.8 Å². The van der Waals surface area contributed by atoms with Gasteiger partial charge in [0.15, 0.2) is 5.96 Å². The molecule has 0 bridgehead atoms. The third-order valence-corrected chi connectivity index (χ3v) is 0.638. The Morgan fingerprint density at radius 1 is 1.29 bits per heavy atom. The van der Waals surface area contributed by atoms with E-state index in [1.54, 1.807) is 0 Å². The Kier molecular flexibility index (Phi) is 22.9. The highest BCUT2D eigenvalue weighted by Crippen LogP contribution is 1.81. The average Bonchev–Trinajstić information content (AvgIpc) is 1.98. The molecule has 0 saturated heterocycles. The van der Waals surface area contributed by atoms with Crippen molar-refractivity contribution >= 4 is 11.9 Å². The van der Waals surface area contributed by atoms with Crippen molar-refractivity contribution < 1.29 is 9.90 Å². The SMILES string of the molecule is CC(=O)O.CC/C=C\CC.N=C(N)N. The van der Waals surface area contributed by atoms with E-state index in [1.807, 2.05) is 0 Å². The van der Waals surface area contributed by atoms with E-state index < -0.39 is 5.97 Å². The number of carbonyl (C=O) groups is 1. The van der Waals surface area contributed by atoms with E-state index in [4.69, 9.17) is 15.3 Å².